The first-order chi connectivity index (χ1) is 9.89. The lowest BCUT2D eigenvalue weighted by atomic mass is 10.0. The van der Waals surface area contributed by atoms with Crippen LogP contribution in [0.5, 0.6) is 0 Å². The number of carbonyl (C=O) groups excluding carboxylic acids is 2. The van der Waals surface area contributed by atoms with Crippen molar-refractivity contribution in [3.63, 3.8) is 0 Å². The van der Waals surface area contributed by atoms with Gasteiger partial charge in [-0.1, -0.05) is 32.0 Å². The molecule has 4 heteroatoms. The van der Waals surface area contributed by atoms with E-state index in [2.05, 4.69) is 10.6 Å². The minimum absolute atomic E-state index is 0.0469. The Hall–Kier alpha value is -1.84. The number of amides is 2. The minimum atomic E-state index is -0.491. The van der Waals surface area contributed by atoms with Crippen molar-refractivity contribution in [2.75, 3.05) is 6.54 Å². The monoisotopic (exact) mass is 290 g/mol. The predicted octanol–water partition coefficient (Wildman–Crippen LogP) is 2.75. The molecule has 0 atom stereocenters. The Kier molecular flexibility index (Phi) is 6.40. The van der Waals surface area contributed by atoms with Crippen molar-refractivity contribution in [1.82, 2.24) is 10.6 Å². The number of rotatable bonds is 7. The van der Waals surface area contributed by atoms with E-state index >= 15 is 0 Å². The normalized spacial score (nSPS) is 11.3. The Morgan fingerprint density at radius 3 is 2.19 bits per heavy atom. The fourth-order valence-corrected chi connectivity index (χ4v) is 2.13. The second kappa shape index (κ2) is 7.81. The highest BCUT2D eigenvalue weighted by atomic mass is 16.2. The molecule has 0 unspecified atom stereocenters. The molecule has 1 aromatic rings. The van der Waals surface area contributed by atoms with Crippen molar-refractivity contribution in [3.8, 4) is 0 Å². The van der Waals surface area contributed by atoms with Crippen LogP contribution in [0.1, 0.15) is 50.9 Å². The molecule has 0 radical (unpaired) electrons. The minimum Gasteiger partial charge on any atom is -0.354 e. The Morgan fingerprint density at radius 1 is 1.10 bits per heavy atom. The van der Waals surface area contributed by atoms with E-state index in [-0.39, 0.29) is 17.7 Å². The maximum absolute atomic E-state index is 12.1. The lowest BCUT2D eigenvalue weighted by Gasteiger charge is -2.27. The molecule has 0 aliphatic rings. The summed E-state index contributed by atoms with van der Waals surface area (Å²) in [4.78, 5) is 24.1. The lowest BCUT2D eigenvalue weighted by Crippen LogP contribution is -2.52. The molecule has 0 saturated heterocycles. The van der Waals surface area contributed by atoms with Crippen LogP contribution in [0.25, 0.3) is 0 Å². The van der Waals surface area contributed by atoms with Crippen molar-refractivity contribution in [2.45, 2.75) is 46.1 Å². The summed E-state index contributed by atoms with van der Waals surface area (Å²) in [5, 5.41) is 5.88. The Morgan fingerprint density at radius 2 is 1.67 bits per heavy atom. The number of carbonyl (C=O) groups is 2. The fourth-order valence-electron chi connectivity index (χ4n) is 2.13. The fraction of sp³-hybridized carbons (Fsp3) is 0.529. The van der Waals surface area contributed by atoms with E-state index in [0.29, 0.717) is 12.1 Å². The summed E-state index contributed by atoms with van der Waals surface area (Å²) >= 11 is 0. The molecule has 0 aromatic heterocycles. The van der Waals surface area contributed by atoms with Gasteiger partial charge in [-0.2, -0.15) is 0 Å². The van der Waals surface area contributed by atoms with E-state index in [0.717, 1.165) is 12.8 Å². The van der Waals surface area contributed by atoms with E-state index in [9.17, 15) is 9.59 Å². The van der Waals surface area contributed by atoms with Gasteiger partial charge in [0.15, 0.2) is 0 Å². The molecule has 0 fully saturated rings. The molecule has 0 aliphatic heterocycles. The molecule has 0 spiro atoms. The first kappa shape index (κ1) is 17.2. The highest BCUT2D eigenvalue weighted by Gasteiger charge is 2.23. The van der Waals surface area contributed by atoms with Crippen molar-refractivity contribution < 1.29 is 9.59 Å². The van der Waals surface area contributed by atoms with Gasteiger partial charge in [0.05, 0.1) is 5.54 Å². The van der Waals surface area contributed by atoms with Gasteiger partial charge in [0.2, 0.25) is 5.91 Å². The summed E-state index contributed by atoms with van der Waals surface area (Å²) in [6.45, 7) is 8.25. The molecule has 0 bridgehead atoms. The first-order valence-electron chi connectivity index (χ1n) is 7.55. The third-order valence-electron chi connectivity index (χ3n) is 3.55. The molecule has 4 nitrogen and oxygen atoms in total. The molecule has 2 amide bonds. The van der Waals surface area contributed by atoms with Crippen molar-refractivity contribution in [1.29, 1.82) is 0 Å². The number of hydrogen-bond donors (Lipinski definition) is 2. The van der Waals surface area contributed by atoms with Gasteiger partial charge in [-0.3, -0.25) is 9.59 Å². The van der Waals surface area contributed by atoms with Gasteiger partial charge in [0, 0.05) is 18.0 Å². The quantitative estimate of drug-likeness (QED) is 0.811. The standard InChI is InChI=1S/C17H26N2O2/c1-5-13(6-2)15(20)18-12-17(3,4)19-16(21)14-10-8-7-9-11-14/h7-11,13H,5-6,12H2,1-4H3,(H,18,20)(H,19,21). The van der Waals surface area contributed by atoms with E-state index < -0.39 is 5.54 Å². The van der Waals surface area contributed by atoms with Crippen molar-refractivity contribution in [2.24, 2.45) is 5.92 Å². The van der Waals surface area contributed by atoms with E-state index in [1.165, 1.54) is 0 Å². The van der Waals surface area contributed by atoms with E-state index in [4.69, 9.17) is 0 Å². The van der Waals surface area contributed by atoms with Crippen molar-refractivity contribution in [3.05, 3.63) is 35.9 Å². The van der Waals surface area contributed by atoms with Gasteiger partial charge in [-0.15, -0.1) is 0 Å². The summed E-state index contributed by atoms with van der Waals surface area (Å²) in [5.41, 5.74) is 0.131. The number of benzene rings is 1. The summed E-state index contributed by atoms with van der Waals surface area (Å²) in [7, 11) is 0. The zero-order chi connectivity index (χ0) is 15.9. The third kappa shape index (κ3) is 5.58. The molecule has 116 valence electrons. The maximum atomic E-state index is 12.1. The zero-order valence-electron chi connectivity index (χ0n) is 13.4. The van der Waals surface area contributed by atoms with Crippen LogP contribution >= 0.6 is 0 Å². The van der Waals surface area contributed by atoms with Crippen LogP contribution in [0.2, 0.25) is 0 Å². The molecule has 0 heterocycles. The average molecular weight is 290 g/mol. The maximum Gasteiger partial charge on any atom is 0.251 e. The van der Waals surface area contributed by atoms with Crippen LogP contribution in [-0.2, 0) is 4.79 Å². The van der Waals surface area contributed by atoms with Crippen LogP contribution in [0.15, 0.2) is 30.3 Å². The topological polar surface area (TPSA) is 58.2 Å². The summed E-state index contributed by atoms with van der Waals surface area (Å²) in [6.07, 6.45) is 1.66. The van der Waals surface area contributed by atoms with Gasteiger partial charge in [0.1, 0.15) is 0 Å². The highest BCUT2D eigenvalue weighted by Crippen LogP contribution is 2.09. The van der Waals surface area contributed by atoms with Crippen LogP contribution in [-0.4, -0.2) is 23.9 Å². The summed E-state index contributed by atoms with van der Waals surface area (Å²) in [5.74, 6) is -0.0231. The lowest BCUT2D eigenvalue weighted by molar-refractivity contribution is -0.125. The molecular weight excluding hydrogens is 264 g/mol. The third-order valence-corrected chi connectivity index (χ3v) is 3.55. The smallest absolute Gasteiger partial charge is 0.251 e. The summed E-state index contributed by atoms with van der Waals surface area (Å²) in [6, 6.07) is 9.08. The van der Waals surface area contributed by atoms with E-state index in [1.807, 2.05) is 45.9 Å². The number of nitrogens with one attached hydrogen (secondary N) is 2. The van der Waals surface area contributed by atoms with Gasteiger partial charge in [-0.05, 0) is 38.8 Å². The van der Waals surface area contributed by atoms with Gasteiger partial charge < -0.3 is 10.6 Å². The molecule has 0 saturated carbocycles. The van der Waals surface area contributed by atoms with E-state index in [1.54, 1.807) is 12.1 Å². The molecule has 1 rings (SSSR count). The second-order valence-electron chi connectivity index (χ2n) is 5.94. The van der Waals surface area contributed by atoms with Gasteiger partial charge >= 0.3 is 0 Å². The van der Waals surface area contributed by atoms with Crippen LogP contribution in [0.3, 0.4) is 0 Å². The Balaban J connectivity index is 2.54. The molecular formula is C17H26N2O2. The first-order valence-corrected chi connectivity index (χ1v) is 7.55. The molecule has 1 aromatic carbocycles. The van der Waals surface area contributed by atoms with Crippen LogP contribution in [0, 0.1) is 5.92 Å². The largest absolute Gasteiger partial charge is 0.354 e. The van der Waals surface area contributed by atoms with Gasteiger partial charge in [-0.25, -0.2) is 0 Å². The molecule has 21 heavy (non-hydrogen) atoms. The molecule has 0 aliphatic carbocycles. The van der Waals surface area contributed by atoms with Gasteiger partial charge in [0.25, 0.3) is 5.91 Å². The SMILES string of the molecule is CCC(CC)C(=O)NCC(C)(C)NC(=O)c1ccccc1. The second-order valence-corrected chi connectivity index (χ2v) is 5.94. The predicted molar refractivity (Wildman–Crippen MR) is 85.1 cm³/mol. The summed E-state index contributed by atoms with van der Waals surface area (Å²) < 4.78 is 0. The number of hydrogen-bond acceptors (Lipinski definition) is 2. The van der Waals surface area contributed by atoms with Crippen molar-refractivity contribution >= 4 is 11.8 Å². The Bertz CT molecular complexity index is 465. The molecule has 2 N–H and O–H groups in total. The van der Waals surface area contributed by atoms with Crippen LogP contribution < -0.4 is 10.6 Å². The zero-order valence-corrected chi connectivity index (χ0v) is 13.4. The highest BCUT2D eigenvalue weighted by molar-refractivity contribution is 5.94. The van der Waals surface area contributed by atoms with Crippen LogP contribution in [0.4, 0.5) is 0 Å². The average Bonchev–Trinajstić information content (AvgIpc) is 2.47. The Labute approximate surface area is 127 Å².